The number of hydrogen-bond donors (Lipinski definition) is 1. The van der Waals surface area contributed by atoms with Crippen molar-refractivity contribution in [3.63, 3.8) is 0 Å². The summed E-state index contributed by atoms with van der Waals surface area (Å²) in [6.45, 7) is 6.57. The van der Waals surface area contributed by atoms with Gasteiger partial charge in [-0.05, 0) is 63.4 Å². The molecule has 0 aliphatic carbocycles. The molecule has 1 saturated heterocycles. The fraction of sp³-hybridized carbons (Fsp3) is 0.364. The number of likely N-dealkylation sites (N-methyl/N-ethyl adjacent to an activating group) is 1. The normalized spacial score (nSPS) is 20.4. The molecule has 3 aromatic rings. The van der Waals surface area contributed by atoms with Gasteiger partial charge in [-0.25, -0.2) is 9.97 Å². The Balaban J connectivity index is 1.61. The Morgan fingerprint density at radius 3 is 2.39 bits per heavy atom. The number of anilines is 2. The van der Waals surface area contributed by atoms with E-state index in [1.54, 1.807) is 6.33 Å². The van der Waals surface area contributed by atoms with Gasteiger partial charge in [-0.2, -0.15) is 0 Å². The van der Waals surface area contributed by atoms with Gasteiger partial charge in [-0.3, -0.25) is 4.90 Å². The van der Waals surface area contributed by atoms with Gasteiger partial charge < -0.3 is 15.0 Å². The fourth-order valence-electron chi connectivity index (χ4n) is 3.72. The Hall–Kier alpha value is -2.86. The van der Waals surface area contributed by atoms with E-state index in [-0.39, 0.29) is 0 Å². The van der Waals surface area contributed by atoms with E-state index in [2.05, 4.69) is 64.2 Å². The van der Waals surface area contributed by atoms with E-state index < -0.39 is 0 Å². The Morgan fingerprint density at radius 1 is 1.00 bits per heavy atom. The lowest BCUT2D eigenvalue weighted by Crippen LogP contribution is -2.55. The summed E-state index contributed by atoms with van der Waals surface area (Å²) in [7, 11) is 4.10. The van der Waals surface area contributed by atoms with Crippen LogP contribution in [0.2, 0.25) is 0 Å². The van der Waals surface area contributed by atoms with Gasteiger partial charge in [0.05, 0.1) is 10.9 Å². The van der Waals surface area contributed by atoms with Crippen LogP contribution in [-0.4, -0.2) is 54.1 Å². The molecule has 6 nitrogen and oxygen atoms in total. The van der Waals surface area contributed by atoms with Crippen molar-refractivity contribution >= 4 is 22.3 Å². The molecule has 2 heterocycles. The summed E-state index contributed by atoms with van der Waals surface area (Å²) in [5, 5.41) is 4.02. The first-order valence-electron chi connectivity index (χ1n) is 9.72. The van der Waals surface area contributed by atoms with Gasteiger partial charge in [0.1, 0.15) is 12.1 Å². The molecule has 1 fully saturated rings. The van der Waals surface area contributed by atoms with Crippen molar-refractivity contribution < 1.29 is 4.74 Å². The summed E-state index contributed by atoms with van der Waals surface area (Å²) in [6.07, 6.45) is 1.57. The molecule has 0 radical (unpaired) electrons. The van der Waals surface area contributed by atoms with Crippen LogP contribution in [0.15, 0.2) is 48.8 Å². The lowest BCUT2D eigenvalue weighted by atomic mass is 10.1. The topological polar surface area (TPSA) is 53.5 Å². The van der Waals surface area contributed by atoms with Crippen LogP contribution in [0.4, 0.5) is 11.4 Å². The number of hydrogen-bond acceptors (Lipinski definition) is 6. The van der Waals surface area contributed by atoms with Gasteiger partial charge in [0, 0.05) is 43.6 Å². The first-order valence-corrected chi connectivity index (χ1v) is 9.72. The van der Waals surface area contributed by atoms with Crippen LogP contribution in [-0.2, 0) is 0 Å². The fourth-order valence-corrected chi connectivity index (χ4v) is 3.72. The summed E-state index contributed by atoms with van der Waals surface area (Å²) in [6, 6.07) is 15.2. The van der Waals surface area contributed by atoms with Gasteiger partial charge in [0.25, 0.3) is 0 Å². The van der Waals surface area contributed by atoms with Gasteiger partial charge in [-0.15, -0.1) is 0 Å². The minimum Gasteiger partial charge on any atom is -0.438 e. The molecular weight excluding hydrogens is 350 g/mol. The highest BCUT2D eigenvalue weighted by Crippen LogP contribution is 2.31. The van der Waals surface area contributed by atoms with E-state index >= 15 is 0 Å². The maximum Gasteiger partial charge on any atom is 0.230 e. The van der Waals surface area contributed by atoms with Gasteiger partial charge in [0.2, 0.25) is 5.88 Å². The summed E-state index contributed by atoms with van der Waals surface area (Å²) in [4.78, 5) is 13.7. The second kappa shape index (κ2) is 7.64. The molecular formula is C22H27N5O. The average Bonchev–Trinajstić information content (AvgIpc) is 2.72. The molecule has 28 heavy (non-hydrogen) atoms. The Labute approximate surface area is 166 Å². The van der Waals surface area contributed by atoms with E-state index in [4.69, 9.17) is 4.74 Å². The number of piperazine rings is 1. The third kappa shape index (κ3) is 3.60. The molecule has 1 aliphatic rings. The van der Waals surface area contributed by atoms with Crippen molar-refractivity contribution in [1.29, 1.82) is 0 Å². The molecule has 2 unspecified atom stereocenters. The van der Waals surface area contributed by atoms with Crippen LogP contribution in [0, 0.1) is 0 Å². The first kappa shape index (κ1) is 18.5. The molecule has 146 valence electrons. The molecule has 0 bridgehead atoms. The predicted molar refractivity (Wildman–Crippen MR) is 115 cm³/mol. The summed E-state index contributed by atoms with van der Waals surface area (Å²) in [5.74, 6) is 1.33. The second-order valence-corrected chi connectivity index (χ2v) is 7.53. The van der Waals surface area contributed by atoms with Gasteiger partial charge in [0.15, 0.2) is 0 Å². The van der Waals surface area contributed by atoms with Crippen LogP contribution in [0.5, 0.6) is 11.6 Å². The number of nitrogens with zero attached hydrogens (tertiary/aromatic N) is 4. The number of nitrogens with one attached hydrogen (secondary N) is 1. The van der Waals surface area contributed by atoms with E-state index in [1.807, 2.05) is 31.3 Å². The number of benzene rings is 2. The van der Waals surface area contributed by atoms with Crippen molar-refractivity contribution in [3.8, 4) is 11.6 Å². The zero-order valence-corrected chi connectivity index (χ0v) is 16.9. The third-order valence-corrected chi connectivity index (χ3v) is 5.67. The smallest absolute Gasteiger partial charge is 0.230 e. The minimum atomic E-state index is 0.518. The second-order valence-electron chi connectivity index (χ2n) is 7.53. The van der Waals surface area contributed by atoms with E-state index in [9.17, 15) is 0 Å². The van der Waals surface area contributed by atoms with Crippen LogP contribution < -0.4 is 15.0 Å². The van der Waals surface area contributed by atoms with E-state index in [0.717, 1.165) is 35.4 Å². The number of ether oxygens (including phenoxy) is 1. The van der Waals surface area contributed by atoms with Crippen molar-refractivity contribution in [3.05, 3.63) is 48.8 Å². The van der Waals surface area contributed by atoms with Crippen molar-refractivity contribution in [2.75, 3.05) is 37.4 Å². The summed E-state index contributed by atoms with van der Waals surface area (Å²) < 4.78 is 6.03. The molecule has 1 N–H and O–H groups in total. The molecule has 0 saturated carbocycles. The average molecular weight is 377 g/mol. The van der Waals surface area contributed by atoms with Gasteiger partial charge >= 0.3 is 0 Å². The minimum absolute atomic E-state index is 0.518. The molecule has 2 aromatic carbocycles. The Bertz CT molecular complexity index is 947. The molecule has 1 aromatic heterocycles. The lowest BCUT2D eigenvalue weighted by molar-refractivity contribution is 0.170. The molecule has 0 spiro atoms. The van der Waals surface area contributed by atoms with Crippen LogP contribution in [0.3, 0.4) is 0 Å². The highest BCUT2D eigenvalue weighted by Gasteiger charge is 2.26. The number of aromatic nitrogens is 2. The maximum atomic E-state index is 6.03. The summed E-state index contributed by atoms with van der Waals surface area (Å²) >= 11 is 0. The van der Waals surface area contributed by atoms with Crippen molar-refractivity contribution in [2.45, 2.75) is 25.9 Å². The Morgan fingerprint density at radius 2 is 1.71 bits per heavy atom. The highest BCUT2D eigenvalue weighted by atomic mass is 16.5. The molecule has 2 atom stereocenters. The van der Waals surface area contributed by atoms with E-state index in [0.29, 0.717) is 18.0 Å². The largest absolute Gasteiger partial charge is 0.438 e. The molecule has 6 heteroatoms. The molecule has 0 amide bonds. The van der Waals surface area contributed by atoms with E-state index in [1.165, 1.54) is 5.69 Å². The lowest BCUT2D eigenvalue weighted by Gasteiger charge is -2.43. The van der Waals surface area contributed by atoms with Crippen LogP contribution >= 0.6 is 0 Å². The van der Waals surface area contributed by atoms with Crippen molar-refractivity contribution in [1.82, 2.24) is 14.9 Å². The monoisotopic (exact) mass is 377 g/mol. The third-order valence-electron chi connectivity index (χ3n) is 5.67. The number of fused-ring (bicyclic) bond motifs is 1. The quantitative estimate of drug-likeness (QED) is 0.742. The maximum absolute atomic E-state index is 6.03. The molecule has 1 aliphatic heterocycles. The Kier molecular flexibility index (Phi) is 5.05. The van der Waals surface area contributed by atoms with Crippen molar-refractivity contribution in [2.24, 2.45) is 0 Å². The van der Waals surface area contributed by atoms with Gasteiger partial charge in [-0.1, -0.05) is 0 Å². The highest BCUT2D eigenvalue weighted by molar-refractivity contribution is 5.86. The SMILES string of the molecule is CNc1ccc(Oc2ncnc3cc(N4CC(C)N(C)C(C)C4)ccc23)cc1. The zero-order chi connectivity index (χ0) is 19.7. The zero-order valence-electron chi connectivity index (χ0n) is 16.9. The summed E-state index contributed by atoms with van der Waals surface area (Å²) in [5.41, 5.74) is 3.14. The van der Waals surface area contributed by atoms with Crippen LogP contribution in [0.1, 0.15) is 13.8 Å². The van der Waals surface area contributed by atoms with Crippen LogP contribution in [0.25, 0.3) is 10.9 Å². The standard InChI is InChI=1S/C22H27N5O/c1-15-12-27(13-16(2)26(15)4)18-7-10-20-21(11-18)24-14-25-22(20)28-19-8-5-17(23-3)6-9-19/h5-11,14-16,23H,12-13H2,1-4H3. The first-order chi connectivity index (χ1) is 13.5. The molecule has 4 rings (SSSR count). The predicted octanol–water partition coefficient (Wildman–Crippen LogP) is 3.99. The number of rotatable bonds is 4.